The summed E-state index contributed by atoms with van der Waals surface area (Å²) in [7, 11) is -2.68. The molecule has 0 aliphatic carbocycles. The van der Waals surface area contributed by atoms with Crippen molar-refractivity contribution in [3.8, 4) is 0 Å². The molecule has 2 amide bonds. The van der Waals surface area contributed by atoms with Crippen LogP contribution in [0.4, 0.5) is 10.5 Å². The van der Waals surface area contributed by atoms with Crippen LogP contribution < -0.4 is 11.1 Å². The van der Waals surface area contributed by atoms with E-state index >= 15 is 0 Å². The van der Waals surface area contributed by atoms with Gasteiger partial charge in [-0.1, -0.05) is 36.4 Å². The average molecular weight is 519 g/mol. The smallest absolute Gasteiger partial charge is 0.356 e. The first-order valence-electron chi connectivity index (χ1n) is 11.1. The number of sulfone groups is 1. The van der Waals surface area contributed by atoms with E-state index in [4.69, 9.17) is 20.7 Å². The van der Waals surface area contributed by atoms with Crippen molar-refractivity contribution in [3.63, 3.8) is 0 Å². The van der Waals surface area contributed by atoms with Crippen LogP contribution in [0.25, 0.3) is 0 Å². The Kier molecular flexibility index (Phi) is 5.72. The Hall–Kier alpha value is -4.64. The summed E-state index contributed by atoms with van der Waals surface area (Å²) in [6.07, 6.45) is 1.13. The monoisotopic (exact) mass is 518 g/mol. The number of nitrogens with zero attached hydrogens (tertiary/aromatic N) is 1. The van der Waals surface area contributed by atoms with Crippen LogP contribution in [0.3, 0.4) is 0 Å². The molecule has 2 heterocycles. The van der Waals surface area contributed by atoms with Crippen molar-refractivity contribution in [3.05, 3.63) is 101 Å². The molecule has 3 aromatic rings. The maximum absolute atomic E-state index is 13.5. The van der Waals surface area contributed by atoms with Crippen LogP contribution in [-0.2, 0) is 29.7 Å². The minimum atomic E-state index is -3.90. The second-order valence-electron chi connectivity index (χ2n) is 8.51. The molecule has 0 saturated carbocycles. The van der Waals surface area contributed by atoms with Gasteiger partial charge in [-0.15, -0.1) is 5.06 Å². The number of nitrogens with one attached hydrogen (secondary N) is 2. The van der Waals surface area contributed by atoms with Crippen molar-refractivity contribution in [1.29, 1.82) is 5.41 Å². The molecule has 5 rings (SSSR count). The quantitative estimate of drug-likeness (QED) is 0.203. The summed E-state index contributed by atoms with van der Waals surface area (Å²) in [4.78, 5) is 31.2. The van der Waals surface area contributed by atoms with Crippen LogP contribution in [0, 0.1) is 5.41 Å². The summed E-state index contributed by atoms with van der Waals surface area (Å²) in [5.41, 5.74) is 6.08. The normalized spacial score (nSPS) is 19.4. The van der Waals surface area contributed by atoms with Crippen LogP contribution in [0.15, 0.2) is 94.4 Å². The van der Waals surface area contributed by atoms with Gasteiger partial charge in [-0.2, -0.15) is 0 Å². The van der Waals surface area contributed by atoms with E-state index in [0.717, 1.165) is 11.1 Å². The fourth-order valence-electron chi connectivity index (χ4n) is 4.60. The molecule has 11 heteroatoms. The fraction of sp³-hybridized carbons (Fsp3) is 0.115. The van der Waals surface area contributed by atoms with E-state index in [9.17, 15) is 18.0 Å². The Balaban J connectivity index is 1.77. The average Bonchev–Trinajstić information content (AvgIpc) is 3.30. The van der Waals surface area contributed by atoms with Gasteiger partial charge in [-0.25, -0.2) is 18.0 Å². The van der Waals surface area contributed by atoms with Gasteiger partial charge >= 0.3 is 12.0 Å². The number of esters is 1. The number of amidine groups is 1. The first-order valence-corrected chi connectivity index (χ1v) is 12.6. The number of ether oxygens (including phenoxy) is 1. The molecule has 37 heavy (non-hydrogen) atoms. The standard InChI is InChI=1S/C26H22N4O6S/c1-35-23(31)13-18-15-26(17-7-5-6-16(12-17)24(27)28)21-14-20(37(33,34)19-8-3-2-4-9-19)10-11-22(21)29-25(32)30(26)36-18/h2-14H,15H2,1H3,(H3,27,28)(H,29,32). The number of urea groups is 1. The predicted octanol–water partition coefficient (Wildman–Crippen LogP) is 3.29. The summed E-state index contributed by atoms with van der Waals surface area (Å²) in [5.74, 6) is -0.724. The molecule has 2 aliphatic heterocycles. The van der Waals surface area contributed by atoms with Crippen molar-refractivity contribution in [2.24, 2.45) is 5.73 Å². The summed E-state index contributed by atoms with van der Waals surface area (Å²) in [5, 5.41) is 11.7. The van der Waals surface area contributed by atoms with Crippen molar-refractivity contribution >= 4 is 33.4 Å². The van der Waals surface area contributed by atoms with Gasteiger partial charge in [0, 0.05) is 23.2 Å². The van der Waals surface area contributed by atoms with E-state index in [2.05, 4.69) is 5.32 Å². The summed E-state index contributed by atoms with van der Waals surface area (Å²) >= 11 is 0. The molecular weight excluding hydrogens is 496 g/mol. The van der Waals surface area contributed by atoms with Gasteiger partial charge in [-0.3, -0.25) is 5.41 Å². The molecule has 0 bridgehead atoms. The maximum atomic E-state index is 13.5. The lowest BCUT2D eigenvalue weighted by Crippen LogP contribution is -2.51. The third kappa shape index (κ3) is 3.89. The topological polar surface area (TPSA) is 152 Å². The van der Waals surface area contributed by atoms with Gasteiger partial charge in [0.25, 0.3) is 0 Å². The SMILES string of the molecule is COC(=O)C=C1CC2(c3cccc(C(=N)N)c3)c3cc(S(=O)(=O)c4ccccc4)ccc3NC(=O)N2O1. The number of nitrogens with two attached hydrogens (primary N) is 1. The first kappa shape index (κ1) is 24.1. The van der Waals surface area contributed by atoms with Gasteiger partial charge in [0.15, 0.2) is 0 Å². The van der Waals surface area contributed by atoms with Crippen LogP contribution in [-0.4, -0.2) is 38.4 Å². The van der Waals surface area contributed by atoms with Crippen LogP contribution in [0.5, 0.6) is 0 Å². The van der Waals surface area contributed by atoms with Gasteiger partial charge in [0.1, 0.15) is 17.1 Å². The number of hydrogen-bond acceptors (Lipinski definition) is 7. The number of rotatable bonds is 5. The lowest BCUT2D eigenvalue weighted by molar-refractivity contribution is -0.135. The van der Waals surface area contributed by atoms with E-state index in [1.807, 2.05) is 0 Å². The number of benzene rings is 3. The largest absolute Gasteiger partial charge is 0.466 e. The number of carbonyl (C=O) groups is 2. The van der Waals surface area contributed by atoms with E-state index in [0.29, 0.717) is 22.4 Å². The number of hydroxylamine groups is 2. The van der Waals surface area contributed by atoms with Crippen LogP contribution in [0.2, 0.25) is 0 Å². The van der Waals surface area contributed by atoms with E-state index < -0.39 is 27.4 Å². The zero-order chi connectivity index (χ0) is 26.4. The number of hydrogen-bond donors (Lipinski definition) is 3. The molecule has 1 fully saturated rings. The number of anilines is 1. The van der Waals surface area contributed by atoms with Crippen molar-refractivity contribution in [2.45, 2.75) is 21.8 Å². The third-order valence-corrected chi connectivity index (χ3v) is 8.11. The van der Waals surface area contributed by atoms with Gasteiger partial charge in [0.05, 0.1) is 23.0 Å². The minimum absolute atomic E-state index is 0.00127. The molecule has 188 valence electrons. The Morgan fingerprint density at radius 3 is 2.57 bits per heavy atom. The number of amides is 2. The Morgan fingerprint density at radius 2 is 1.86 bits per heavy atom. The predicted molar refractivity (Wildman–Crippen MR) is 133 cm³/mol. The second kappa shape index (κ2) is 8.79. The van der Waals surface area contributed by atoms with Gasteiger partial charge < -0.3 is 20.6 Å². The lowest BCUT2D eigenvalue weighted by Gasteiger charge is -2.41. The van der Waals surface area contributed by atoms with Crippen molar-refractivity contribution in [1.82, 2.24) is 5.06 Å². The molecule has 1 unspecified atom stereocenters. The highest BCUT2D eigenvalue weighted by atomic mass is 32.2. The molecule has 1 atom stereocenters. The molecule has 0 spiro atoms. The van der Waals surface area contributed by atoms with Crippen molar-refractivity contribution in [2.75, 3.05) is 12.4 Å². The highest BCUT2D eigenvalue weighted by Crippen LogP contribution is 2.52. The number of nitrogen functional groups attached to an aromatic ring is 1. The Labute approximate surface area is 212 Å². The highest BCUT2D eigenvalue weighted by Gasteiger charge is 2.55. The molecule has 4 N–H and O–H groups in total. The molecular formula is C26H22N4O6S. The molecule has 2 aliphatic rings. The van der Waals surface area contributed by atoms with E-state index in [1.165, 1.54) is 37.4 Å². The Bertz CT molecular complexity index is 1590. The molecule has 0 aromatic heterocycles. The number of fused-ring (bicyclic) bond motifs is 3. The van der Waals surface area contributed by atoms with Crippen LogP contribution >= 0.6 is 0 Å². The second-order valence-corrected chi connectivity index (χ2v) is 10.5. The molecule has 1 saturated heterocycles. The Morgan fingerprint density at radius 1 is 1.11 bits per heavy atom. The number of methoxy groups -OCH3 is 1. The van der Waals surface area contributed by atoms with Crippen LogP contribution in [0.1, 0.15) is 23.1 Å². The van der Waals surface area contributed by atoms with Gasteiger partial charge in [0.2, 0.25) is 9.84 Å². The molecule has 0 radical (unpaired) electrons. The number of carbonyl (C=O) groups excluding carboxylic acids is 2. The summed E-state index contributed by atoms with van der Waals surface area (Å²) < 4.78 is 31.6. The first-order chi connectivity index (χ1) is 17.7. The highest BCUT2D eigenvalue weighted by molar-refractivity contribution is 7.91. The zero-order valence-corrected chi connectivity index (χ0v) is 20.4. The maximum Gasteiger partial charge on any atom is 0.356 e. The zero-order valence-electron chi connectivity index (χ0n) is 19.6. The van der Waals surface area contributed by atoms with E-state index in [1.54, 1.807) is 42.5 Å². The van der Waals surface area contributed by atoms with Gasteiger partial charge in [-0.05, 0) is 42.0 Å². The van der Waals surface area contributed by atoms with Crippen molar-refractivity contribution < 1.29 is 27.6 Å². The summed E-state index contributed by atoms with van der Waals surface area (Å²) in [6, 6.07) is 18.5. The lowest BCUT2D eigenvalue weighted by atomic mass is 9.77. The molecule has 10 nitrogen and oxygen atoms in total. The molecule has 3 aromatic carbocycles. The van der Waals surface area contributed by atoms with E-state index in [-0.39, 0.29) is 27.8 Å². The fourth-order valence-corrected chi connectivity index (χ4v) is 5.91. The summed E-state index contributed by atoms with van der Waals surface area (Å²) in [6.45, 7) is 0. The third-order valence-electron chi connectivity index (χ3n) is 6.34. The minimum Gasteiger partial charge on any atom is -0.466 e.